The number of halogens is 1. The molecule has 1 heterocycles. The quantitative estimate of drug-likeness (QED) is 0.881. The topological polar surface area (TPSA) is 15.3 Å². The van der Waals surface area contributed by atoms with Gasteiger partial charge in [0.25, 0.3) is 0 Å². The Morgan fingerprint density at radius 2 is 2.16 bits per heavy atom. The number of nitrogens with one attached hydrogen (secondary N) is 1. The van der Waals surface area contributed by atoms with Crippen LogP contribution < -0.4 is 10.2 Å². The highest BCUT2D eigenvalue weighted by Crippen LogP contribution is 2.31. The van der Waals surface area contributed by atoms with E-state index in [0.717, 1.165) is 23.5 Å². The predicted molar refractivity (Wildman–Crippen MR) is 81.9 cm³/mol. The van der Waals surface area contributed by atoms with Crippen molar-refractivity contribution in [3.63, 3.8) is 0 Å². The summed E-state index contributed by atoms with van der Waals surface area (Å²) in [6.07, 6.45) is 5.28. The zero-order valence-corrected chi connectivity index (χ0v) is 12.4. The SMILES string of the molecule is CCC1CCN(c2ccc(Cl)cc2CNC2CC2)C1. The molecule has 2 nitrogen and oxygen atoms in total. The van der Waals surface area contributed by atoms with Crippen LogP contribution in [0.2, 0.25) is 5.02 Å². The van der Waals surface area contributed by atoms with Crippen LogP contribution in [0.25, 0.3) is 0 Å². The van der Waals surface area contributed by atoms with Crippen LogP contribution in [0.1, 0.15) is 38.2 Å². The minimum Gasteiger partial charge on any atom is -0.371 e. The third-order valence-electron chi connectivity index (χ3n) is 4.40. The lowest BCUT2D eigenvalue weighted by Gasteiger charge is -2.22. The molecular weight excluding hydrogens is 256 g/mol. The highest BCUT2D eigenvalue weighted by atomic mass is 35.5. The standard InChI is InChI=1S/C16H23ClN2/c1-2-12-7-8-19(11-12)16-6-3-14(17)9-13(16)10-18-15-4-5-15/h3,6,9,12,15,18H,2,4-5,7-8,10-11H2,1H3. The van der Waals surface area contributed by atoms with E-state index in [1.54, 1.807) is 0 Å². The van der Waals surface area contributed by atoms with Crippen molar-refractivity contribution in [2.45, 2.75) is 45.2 Å². The van der Waals surface area contributed by atoms with Gasteiger partial charge in [0, 0.05) is 36.4 Å². The average molecular weight is 279 g/mol. The second-order valence-corrected chi connectivity index (χ2v) is 6.37. The molecule has 1 unspecified atom stereocenters. The van der Waals surface area contributed by atoms with Crippen LogP contribution in [0.5, 0.6) is 0 Å². The predicted octanol–water partition coefficient (Wildman–Crippen LogP) is 3.83. The number of rotatable bonds is 5. The summed E-state index contributed by atoms with van der Waals surface area (Å²) in [4.78, 5) is 2.54. The Bertz CT molecular complexity index is 442. The molecule has 0 bridgehead atoms. The first-order chi connectivity index (χ1) is 9.26. The van der Waals surface area contributed by atoms with Gasteiger partial charge >= 0.3 is 0 Å². The lowest BCUT2D eigenvalue weighted by atomic mass is 10.1. The number of anilines is 1. The molecule has 1 N–H and O–H groups in total. The van der Waals surface area contributed by atoms with E-state index in [0.29, 0.717) is 0 Å². The summed E-state index contributed by atoms with van der Waals surface area (Å²) in [6, 6.07) is 7.10. The Labute approximate surface area is 121 Å². The Morgan fingerprint density at radius 3 is 2.84 bits per heavy atom. The molecule has 3 rings (SSSR count). The van der Waals surface area contributed by atoms with Gasteiger partial charge in [-0.25, -0.2) is 0 Å². The molecule has 1 aromatic rings. The van der Waals surface area contributed by atoms with Gasteiger partial charge in [0.15, 0.2) is 0 Å². The van der Waals surface area contributed by atoms with Crippen LogP contribution in [-0.2, 0) is 6.54 Å². The summed E-state index contributed by atoms with van der Waals surface area (Å²) in [6.45, 7) is 5.64. The molecule has 2 aliphatic rings. The number of benzene rings is 1. The van der Waals surface area contributed by atoms with Gasteiger partial charge in [-0.2, -0.15) is 0 Å². The molecule has 0 amide bonds. The lowest BCUT2D eigenvalue weighted by Crippen LogP contribution is -2.23. The minimum atomic E-state index is 0.744. The molecule has 2 fully saturated rings. The third-order valence-corrected chi connectivity index (χ3v) is 4.64. The first-order valence-corrected chi connectivity index (χ1v) is 7.91. The van der Waals surface area contributed by atoms with Crippen LogP contribution in [-0.4, -0.2) is 19.1 Å². The second kappa shape index (κ2) is 5.72. The second-order valence-electron chi connectivity index (χ2n) is 5.94. The maximum atomic E-state index is 6.16. The largest absolute Gasteiger partial charge is 0.371 e. The third kappa shape index (κ3) is 3.24. The van der Waals surface area contributed by atoms with Crippen LogP contribution in [0.3, 0.4) is 0 Å². The van der Waals surface area contributed by atoms with Gasteiger partial charge in [0.2, 0.25) is 0 Å². The fourth-order valence-corrected chi connectivity index (χ4v) is 3.13. The number of hydrogen-bond donors (Lipinski definition) is 1. The first-order valence-electron chi connectivity index (χ1n) is 7.53. The summed E-state index contributed by atoms with van der Waals surface area (Å²) in [5.74, 6) is 0.861. The van der Waals surface area contributed by atoms with Gasteiger partial charge in [0.05, 0.1) is 0 Å². The fraction of sp³-hybridized carbons (Fsp3) is 0.625. The van der Waals surface area contributed by atoms with E-state index in [4.69, 9.17) is 11.6 Å². The Kier molecular flexibility index (Phi) is 3.99. The van der Waals surface area contributed by atoms with Gasteiger partial charge in [-0.1, -0.05) is 24.9 Å². The van der Waals surface area contributed by atoms with E-state index in [9.17, 15) is 0 Å². The summed E-state index contributed by atoms with van der Waals surface area (Å²) >= 11 is 6.16. The van der Waals surface area contributed by atoms with E-state index in [-0.39, 0.29) is 0 Å². The Morgan fingerprint density at radius 1 is 1.32 bits per heavy atom. The van der Waals surface area contributed by atoms with Gasteiger partial charge in [-0.3, -0.25) is 0 Å². The Hall–Kier alpha value is -0.730. The molecule has 1 aliphatic carbocycles. The molecule has 1 aliphatic heterocycles. The van der Waals surface area contributed by atoms with Crippen molar-refractivity contribution in [3.05, 3.63) is 28.8 Å². The molecule has 0 spiro atoms. The van der Waals surface area contributed by atoms with Crippen molar-refractivity contribution < 1.29 is 0 Å². The zero-order chi connectivity index (χ0) is 13.2. The van der Waals surface area contributed by atoms with E-state index in [2.05, 4.69) is 29.3 Å². The van der Waals surface area contributed by atoms with Gasteiger partial charge in [0.1, 0.15) is 0 Å². The highest BCUT2D eigenvalue weighted by Gasteiger charge is 2.24. The molecule has 0 radical (unpaired) electrons. The summed E-state index contributed by atoms with van der Waals surface area (Å²) in [7, 11) is 0. The van der Waals surface area contributed by atoms with Gasteiger partial charge < -0.3 is 10.2 Å². The zero-order valence-electron chi connectivity index (χ0n) is 11.7. The van der Waals surface area contributed by atoms with Crippen LogP contribution >= 0.6 is 11.6 Å². The van der Waals surface area contributed by atoms with Crippen molar-refractivity contribution in [2.75, 3.05) is 18.0 Å². The summed E-state index contributed by atoms with van der Waals surface area (Å²) in [5, 5.41) is 4.45. The monoisotopic (exact) mass is 278 g/mol. The molecule has 104 valence electrons. The van der Waals surface area contributed by atoms with Crippen molar-refractivity contribution in [1.82, 2.24) is 5.32 Å². The molecule has 1 aromatic carbocycles. The van der Waals surface area contributed by atoms with Crippen LogP contribution in [0, 0.1) is 5.92 Å². The fourth-order valence-electron chi connectivity index (χ4n) is 2.93. The summed E-state index contributed by atoms with van der Waals surface area (Å²) in [5.41, 5.74) is 2.74. The van der Waals surface area contributed by atoms with E-state index in [1.807, 2.05) is 6.07 Å². The van der Waals surface area contributed by atoms with E-state index < -0.39 is 0 Å². The highest BCUT2D eigenvalue weighted by molar-refractivity contribution is 6.30. The van der Waals surface area contributed by atoms with Crippen molar-refractivity contribution in [2.24, 2.45) is 5.92 Å². The van der Waals surface area contributed by atoms with Crippen molar-refractivity contribution in [1.29, 1.82) is 0 Å². The van der Waals surface area contributed by atoms with E-state index in [1.165, 1.54) is 50.0 Å². The molecular formula is C16H23ClN2. The maximum Gasteiger partial charge on any atom is 0.0412 e. The molecule has 1 saturated heterocycles. The Balaban J connectivity index is 1.74. The van der Waals surface area contributed by atoms with Crippen LogP contribution in [0.15, 0.2) is 18.2 Å². The molecule has 0 aromatic heterocycles. The average Bonchev–Trinajstić information content (AvgIpc) is 3.13. The smallest absolute Gasteiger partial charge is 0.0412 e. The molecule has 1 atom stereocenters. The first kappa shape index (κ1) is 13.3. The van der Waals surface area contributed by atoms with Crippen molar-refractivity contribution in [3.8, 4) is 0 Å². The molecule has 3 heteroatoms. The van der Waals surface area contributed by atoms with Gasteiger partial charge in [-0.05, 0) is 48.9 Å². The lowest BCUT2D eigenvalue weighted by molar-refractivity contribution is 0.569. The summed E-state index contributed by atoms with van der Waals surface area (Å²) < 4.78 is 0. The number of nitrogens with zero attached hydrogens (tertiary/aromatic N) is 1. The molecule has 1 saturated carbocycles. The van der Waals surface area contributed by atoms with Crippen molar-refractivity contribution >= 4 is 17.3 Å². The maximum absolute atomic E-state index is 6.16. The van der Waals surface area contributed by atoms with E-state index >= 15 is 0 Å². The number of hydrogen-bond acceptors (Lipinski definition) is 2. The normalized spacial score (nSPS) is 23.1. The van der Waals surface area contributed by atoms with Crippen LogP contribution in [0.4, 0.5) is 5.69 Å². The minimum absolute atomic E-state index is 0.744. The molecule has 19 heavy (non-hydrogen) atoms. The van der Waals surface area contributed by atoms with Gasteiger partial charge in [-0.15, -0.1) is 0 Å².